The van der Waals surface area contributed by atoms with Crippen LogP contribution in [0.3, 0.4) is 0 Å². The SMILES string of the molecule is CC(=O)OCCCC1c2cc3c4c(C[n+]5ccccc5)c2OCOc2c1cc1c(c2C[n+]2ccccc2)OCOc2c(cc5c(c2C[n+]2ccccc2)OCOc2c(cc(c(c2C[n+]2ccccc2)OCO4)C3CCCOC(C)=O)C5CCCOC(C)=O)C1CCCOC(C)=O. The van der Waals surface area contributed by atoms with Crippen LogP contribution in [0.2, 0.25) is 0 Å². The van der Waals surface area contributed by atoms with Crippen LogP contribution >= 0.6 is 0 Å². The van der Waals surface area contributed by atoms with Crippen molar-refractivity contribution in [3.63, 3.8) is 0 Å². The number of benzene rings is 4. The lowest BCUT2D eigenvalue weighted by Gasteiger charge is -2.37. The standard InChI is InChI=1S/C76H80N4O16/c1-49(81)85-33-17-21-53-57-37-59-54(22-18-34-86-50(2)82)61-39-63-56(24-20-36-88-52(4)84)64-40-62-55(23-19-35-87-51(3)83)60-38-58(53)70-66(42-78-27-11-6-12-28-78)72(60)92-47-94-74(62)68(44-80-31-15-8-16-32-80)76(64)96-48-95-75(63)67(43-79-29-13-7-14-30-79)73(61)93-46-91-71(59)65(69(57)89-45-90-70)41-77-25-9-5-10-26-77/h5-16,25-32,37-40,53-56H,17-24,33-36,41-48H2,1-4H3/q+4. The van der Waals surface area contributed by atoms with E-state index in [1.807, 2.05) is 122 Å². The molecule has 8 aromatic rings. The summed E-state index contributed by atoms with van der Waals surface area (Å²) in [7, 11) is 0. The van der Waals surface area contributed by atoms with Crippen LogP contribution < -0.4 is 56.2 Å². The molecule has 496 valence electrons. The lowest BCUT2D eigenvalue weighted by Crippen LogP contribution is -2.36. The van der Waals surface area contributed by atoms with Crippen LogP contribution in [0.25, 0.3) is 0 Å². The van der Waals surface area contributed by atoms with E-state index in [0.29, 0.717) is 124 Å². The zero-order valence-electron chi connectivity index (χ0n) is 54.6. The van der Waals surface area contributed by atoms with Gasteiger partial charge in [-0.15, -0.1) is 0 Å². The Labute approximate surface area is 557 Å². The predicted molar refractivity (Wildman–Crippen MR) is 344 cm³/mol. The van der Waals surface area contributed by atoms with Gasteiger partial charge in [0.2, 0.25) is 27.2 Å². The molecule has 1 aliphatic carbocycles. The zero-order chi connectivity index (χ0) is 66.1. The second-order valence-corrected chi connectivity index (χ2v) is 24.7. The van der Waals surface area contributed by atoms with E-state index in [9.17, 15) is 19.2 Å². The number of rotatable bonds is 24. The number of esters is 4. The molecule has 8 bridgehead atoms. The normalized spacial score (nSPS) is 16.6. The van der Waals surface area contributed by atoms with Crippen LogP contribution in [0.4, 0.5) is 0 Å². The van der Waals surface area contributed by atoms with Crippen molar-refractivity contribution in [2.24, 2.45) is 0 Å². The summed E-state index contributed by atoms with van der Waals surface area (Å²) in [6.45, 7) is 6.56. The average Bonchev–Trinajstić information content (AvgIpc) is 0.727. The van der Waals surface area contributed by atoms with Crippen LogP contribution in [0, 0.1) is 0 Å². The maximum atomic E-state index is 12.7. The first-order chi connectivity index (χ1) is 46.9. The molecule has 96 heavy (non-hydrogen) atoms. The average molecular weight is 1310 g/mol. The summed E-state index contributed by atoms with van der Waals surface area (Å²) in [6, 6.07) is 32.7. The molecule has 4 aromatic heterocycles. The molecule has 0 saturated heterocycles. The Balaban J connectivity index is 1.21. The van der Waals surface area contributed by atoms with E-state index in [1.54, 1.807) is 0 Å². The number of aromatic nitrogens is 4. The molecule has 0 N–H and O–H groups in total. The van der Waals surface area contributed by atoms with Gasteiger partial charge in [-0.25, -0.2) is 18.3 Å². The Morgan fingerprint density at radius 3 is 0.646 bits per heavy atom. The van der Waals surface area contributed by atoms with Gasteiger partial charge in [-0.2, -0.15) is 0 Å². The Hall–Kier alpha value is -10.2. The fraction of sp³-hybridized carbons (Fsp3) is 0.368. The van der Waals surface area contributed by atoms with Crippen molar-refractivity contribution in [2.45, 2.75) is 129 Å². The topological polar surface area (TPSA) is 195 Å². The first-order valence-corrected chi connectivity index (χ1v) is 33.1. The van der Waals surface area contributed by atoms with Gasteiger partial charge in [0.1, 0.15) is 68.2 Å². The van der Waals surface area contributed by atoms with E-state index in [1.165, 1.54) is 27.7 Å². The zero-order valence-corrected chi connectivity index (χ0v) is 54.6. The largest absolute Gasteiger partial charge is 0.466 e. The molecule has 0 saturated carbocycles. The molecule has 13 rings (SSSR count). The van der Waals surface area contributed by atoms with E-state index in [2.05, 4.69) is 42.5 Å². The van der Waals surface area contributed by atoms with Crippen molar-refractivity contribution >= 4 is 23.9 Å². The van der Waals surface area contributed by atoms with Crippen LogP contribution in [-0.2, 0) is 64.3 Å². The summed E-state index contributed by atoms with van der Waals surface area (Å²) in [5.41, 5.74) is 9.75. The van der Waals surface area contributed by atoms with Crippen LogP contribution in [-0.4, -0.2) is 77.5 Å². The lowest BCUT2D eigenvalue weighted by atomic mass is 9.74. The van der Waals surface area contributed by atoms with Crippen molar-refractivity contribution in [1.29, 1.82) is 0 Å². The minimum absolute atomic E-state index is 0.138. The molecular weight excluding hydrogens is 1220 g/mol. The number of hydrogen-bond donors (Lipinski definition) is 0. The molecular formula is C76H80N4O16+4. The second-order valence-electron chi connectivity index (χ2n) is 24.7. The summed E-state index contributed by atoms with van der Waals surface area (Å²) in [5, 5.41) is 0. The molecule has 8 heterocycles. The molecule has 0 atom stereocenters. The summed E-state index contributed by atoms with van der Waals surface area (Å²) in [4.78, 5) is 50.7. The minimum atomic E-state index is -0.529. The summed E-state index contributed by atoms with van der Waals surface area (Å²) in [5.74, 6) is 0.836. The number of nitrogens with zero attached hydrogens (tertiary/aromatic N) is 4. The molecule has 4 aromatic carbocycles. The van der Waals surface area contributed by atoms with Gasteiger partial charge in [0.15, 0.2) is 75.8 Å². The van der Waals surface area contributed by atoms with Crippen molar-refractivity contribution in [3.8, 4) is 46.0 Å². The van der Waals surface area contributed by atoms with Gasteiger partial charge in [-0.3, -0.25) is 19.2 Å². The maximum Gasteiger partial charge on any atom is 0.302 e. The van der Waals surface area contributed by atoms with Crippen LogP contribution in [0.1, 0.15) is 169 Å². The van der Waals surface area contributed by atoms with Gasteiger partial charge < -0.3 is 56.8 Å². The van der Waals surface area contributed by atoms with Gasteiger partial charge in [0.25, 0.3) is 0 Å². The summed E-state index contributed by atoms with van der Waals surface area (Å²) < 4.78 is 89.1. The summed E-state index contributed by atoms with van der Waals surface area (Å²) in [6.07, 6.45) is 19.6. The fourth-order valence-corrected chi connectivity index (χ4v) is 14.4. The Morgan fingerprint density at radius 1 is 0.302 bits per heavy atom. The van der Waals surface area contributed by atoms with Crippen molar-refractivity contribution in [2.75, 3.05) is 53.6 Å². The molecule has 0 fully saturated rings. The third-order valence-corrected chi connectivity index (χ3v) is 18.4. The maximum absolute atomic E-state index is 12.7. The molecule has 20 nitrogen and oxygen atoms in total. The molecule has 20 heteroatoms. The third-order valence-electron chi connectivity index (χ3n) is 18.4. The van der Waals surface area contributed by atoms with E-state index in [4.69, 9.17) is 56.8 Å². The van der Waals surface area contributed by atoms with E-state index in [-0.39, 0.29) is 77.5 Å². The van der Waals surface area contributed by atoms with Gasteiger partial charge in [0.05, 0.1) is 26.4 Å². The van der Waals surface area contributed by atoms with Gasteiger partial charge in [-0.1, -0.05) is 24.3 Å². The predicted octanol–water partition coefficient (Wildman–Crippen LogP) is 10.2. The molecule has 5 aliphatic rings. The fourth-order valence-electron chi connectivity index (χ4n) is 14.4. The highest BCUT2D eigenvalue weighted by atomic mass is 16.7. The van der Waals surface area contributed by atoms with Crippen molar-refractivity contribution < 1.29 is 94.3 Å². The molecule has 0 amide bonds. The smallest absolute Gasteiger partial charge is 0.302 e. The third kappa shape index (κ3) is 14.1. The highest BCUT2D eigenvalue weighted by Gasteiger charge is 2.43. The Morgan fingerprint density at radius 2 is 0.479 bits per heavy atom. The molecule has 4 aliphatic heterocycles. The van der Waals surface area contributed by atoms with Crippen molar-refractivity contribution in [1.82, 2.24) is 0 Å². The first-order valence-electron chi connectivity index (χ1n) is 33.1. The highest BCUT2D eigenvalue weighted by Crippen LogP contribution is 2.58. The Bertz CT molecular complexity index is 3500. The van der Waals surface area contributed by atoms with Crippen LogP contribution in [0.5, 0.6) is 46.0 Å². The quantitative estimate of drug-likeness (QED) is 0.0240. The minimum Gasteiger partial charge on any atom is -0.466 e. The monoisotopic (exact) mass is 1300 g/mol. The van der Waals surface area contributed by atoms with E-state index in [0.717, 1.165) is 66.8 Å². The number of pyridine rings is 4. The molecule has 0 spiro atoms. The molecule has 0 unspecified atom stereocenters. The van der Waals surface area contributed by atoms with E-state index >= 15 is 0 Å². The van der Waals surface area contributed by atoms with Crippen molar-refractivity contribution in [3.05, 3.63) is 213 Å². The van der Waals surface area contributed by atoms with E-state index < -0.39 is 23.7 Å². The highest BCUT2D eigenvalue weighted by molar-refractivity contribution is 5.71. The van der Waals surface area contributed by atoms with Gasteiger partial charge >= 0.3 is 23.9 Å². The number of ether oxygens (including phenoxy) is 12. The van der Waals surface area contributed by atoms with Gasteiger partial charge in [-0.05, 0) is 75.6 Å². The summed E-state index contributed by atoms with van der Waals surface area (Å²) >= 11 is 0. The number of carbonyl (C=O) groups excluding carboxylic acids is 4. The molecule has 0 radical (unpaired) electrons. The number of hydrogen-bond acceptors (Lipinski definition) is 16. The lowest BCUT2D eigenvalue weighted by molar-refractivity contribution is -0.688. The first kappa shape index (κ1) is 64.5. The van der Waals surface area contributed by atoms with Crippen LogP contribution in [0.15, 0.2) is 147 Å². The van der Waals surface area contributed by atoms with Gasteiger partial charge in [0, 0.05) is 144 Å². The Kier molecular flexibility index (Phi) is 19.9. The number of carbonyl (C=O) groups is 4. The second kappa shape index (κ2) is 29.6.